The Balaban J connectivity index is 0.00000225. The van der Waals surface area contributed by atoms with Crippen molar-refractivity contribution in [1.82, 2.24) is 0 Å². The van der Waals surface area contributed by atoms with Crippen LogP contribution in [0.3, 0.4) is 0 Å². The summed E-state index contributed by atoms with van der Waals surface area (Å²) in [6, 6.07) is 8.02. The Morgan fingerprint density at radius 2 is 1.56 bits per heavy atom. The predicted molar refractivity (Wildman–Crippen MR) is 60.8 cm³/mol. The summed E-state index contributed by atoms with van der Waals surface area (Å²) in [7, 11) is 0. The Hall–Kier alpha value is -0.204. The molecule has 0 aliphatic carbocycles. The number of aliphatic carboxylic acids is 2. The number of carboxylic acid groups (broad SMARTS) is 2. The van der Waals surface area contributed by atoms with Crippen molar-refractivity contribution in [2.45, 2.75) is 18.8 Å². The van der Waals surface area contributed by atoms with Gasteiger partial charge in [0.05, 0.1) is 0 Å². The van der Waals surface area contributed by atoms with Gasteiger partial charge in [0.15, 0.2) is 5.41 Å². The summed E-state index contributed by atoms with van der Waals surface area (Å²) in [5.41, 5.74) is -1.53. The van der Waals surface area contributed by atoms with Gasteiger partial charge in [0.1, 0.15) is 0 Å². The monoisotopic (exact) mass is 248 g/mol. The fraction of sp³-hybridized carbons (Fsp3) is 0.273. The molecule has 1 aromatic carbocycles. The molecule has 1 rings (SSSR count). The van der Waals surface area contributed by atoms with E-state index in [1.165, 1.54) is 12.1 Å². The zero-order valence-electron chi connectivity index (χ0n) is 8.30. The molecule has 5 heteroatoms. The van der Waals surface area contributed by atoms with E-state index in [0.29, 0.717) is 5.56 Å². The van der Waals surface area contributed by atoms with Crippen molar-refractivity contribution in [3.05, 3.63) is 35.9 Å². The van der Waals surface area contributed by atoms with Gasteiger partial charge in [-0.1, -0.05) is 37.3 Å². The number of hydrogen-bond acceptors (Lipinski definition) is 2. The van der Waals surface area contributed by atoms with E-state index >= 15 is 0 Å². The van der Waals surface area contributed by atoms with E-state index in [-0.39, 0.29) is 57.8 Å². The molecule has 1 aromatic rings. The Morgan fingerprint density at radius 3 is 1.88 bits per heavy atom. The molecule has 0 heterocycles. The van der Waals surface area contributed by atoms with Crippen molar-refractivity contribution in [3.63, 3.8) is 0 Å². The average Bonchev–Trinajstić information content (AvgIpc) is 2.20. The normalized spacial score (nSPS) is 10.3. The van der Waals surface area contributed by atoms with Crippen molar-refractivity contribution in [2.75, 3.05) is 0 Å². The maximum atomic E-state index is 11.1. The average molecular weight is 248 g/mol. The van der Waals surface area contributed by atoms with Crippen molar-refractivity contribution in [3.8, 4) is 0 Å². The Kier molecular flexibility index (Phi) is 6.43. The molecule has 0 aliphatic rings. The molecule has 0 fully saturated rings. The van der Waals surface area contributed by atoms with E-state index < -0.39 is 17.4 Å². The Bertz CT molecular complexity index is 361. The van der Waals surface area contributed by atoms with E-state index in [0.717, 1.165) is 0 Å². The standard InChI is InChI=1S/C11H12O4.K.H/c1-2-11(9(12)13,10(14)15)8-6-4-3-5-7-8;;/h3-7H,2H2,1H3,(H,12,13)(H,14,15);;. The van der Waals surface area contributed by atoms with Crippen LogP contribution in [0.5, 0.6) is 0 Å². The van der Waals surface area contributed by atoms with E-state index in [1.807, 2.05) is 0 Å². The molecule has 0 unspecified atom stereocenters. The summed E-state index contributed by atoms with van der Waals surface area (Å²) < 4.78 is 0. The molecule has 16 heavy (non-hydrogen) atoms. The molecule has 0 aromatic heterocycles. The van der Waals surface area contributed by atoms with Gasteiger partial charge in [0.2, 0.25) is 0 Å². The Morgan fingerprint density at radius 1 is 1.12 bits per heavy atom. The molecule has 0 saturated carbocycles. The zero-order valence-corrected chi connectivity index (χ0v) is 8.30. The second kappa shape index (κ2) is 6.51. The summed E-state index contributed by atoms with van der Waals surface area (Å²) in [6.45, 7) is 1.55. The minimum atomic E-state index is -1.83. The van der Waals surface area contributed by atoms with Gasteiger partial charge >= 0.3 is 63.3 Å². The van der Waals surface area contributed by atoms with Gasteiger partial charge in [0, 0.05) is 0 Å². The van der Waals surface area contributed by atoms with Crippen LogP contribution in [0.15, 0.2) is 30.3 Å². The van der Waals surface area contributed by atoms with Crippen LogP contribution in [0.2, 0.25) is 0 Å². The number of benzene rings is 1. The first-order valence-corrected chi connectivity index (χ1v) is 4.58. The van der Waals surface area contributed by atoms with Crippen LogP contribution < -0.4 is 0 Å². The molecule has 0 aliphatic heterocycles. The van der Waals surface area contributed by atoms with Crippen LogP contribution in [0.4, 0.5) is 0 Å². The van der Waals surface area contributed by atoms with Crippen LogP contribution in [0.1, 0.15) is 18.9 Å². The molecule has 82 valence electrons. The molecular weight excluding hydrogens is 235 g/mol. The van der Waals surface area contributed by atoms with Gasteiger partial charge in [0.25, 0.3) is 0 Å². The summed E-state index contributed by atoms with van der Waals surface area (Å²) in [5, 5.41) is 18.1. The first-order chi connectivity index (χ1) is 7.05. The van der Waals surface area contributed by atoms with Crippen molar-refractivity contribution >= 4 is 63.3 Å². The van der Waals surface area contributed by atoms with Crippen molar-refractivity contribution in [1.29, 1.82) is 0 Å². The molecule has 4 nitrogen and oxygen atoms in total. The van der Waals surface area contributed by atoms with Crippen LogP contribution in [-0.4, -0.2) is 73.5 Å². The third-order valence-corrected chi connectivity index (χ3v) is 2.53. The second-order valence-electron chi connectivity index (χ2n) is 3.24. The molecule has 2 N–H and O–H groups in total. The maximum absolute atomic E-state index is 11.1. The number of rotatable bonds is 4. The fourth-order valence-electron chi connectivity index (χ4n) is 1.57. The molecule has 0 atom stereocenters. The predicted octanol–water partition coefficient (Wildman–Crippen LogP) is 0.855. The van der Waals surface area contributed by atoms with Crippen LogP contribution in [-0.2, 0) is 15.0 Å². The van der Waals surface area contributed by atoms with Crippen molar-refractivity contribution < 1.29 is 19.8 Å². The number of hydrogen-bond donors (Lipinski definition) is 2. The van der Waals surface area contributed by atoms with E-state index in [9.17, 15) is 9.59 Å². The van der Waals surface area contributed by atoms with E-state index in [2.05, 4.69) is 0 Å². The van der Waals surface area contributed by atoms with Gasteiger partial charge in [-0.25, -0.2) is 0 Å². The summed E-state index contributed by atoms with van der Waals surface area (Å²) >= 11 is 0. The van der Waals surface area contributed by atoms with E-state index in [4.69, 9.17) is 10.2 Å². The quantitative estimate of drug-likeness (QED) is 0.612. The van der Waals surface area contributed by atoms with Crippen LogP contribution >= 0.6 is 0 Å². The summed E-state index contributed by atoms with van der Waals surface area (Å²) in [4.78, 5) is 22.2. The van der Waals surface area contributed by atoms with Gasteiger partial charge in [-0.2, -0.15) is 0 Å². The molecule has 0 radical (unpaired) electrons. The zero-order chi connectivity index (χ0) is 11.5. The van der Waals surface area contributed by atoms with Crippen molar-refractivity contribution in [2.24, 2.45) is 0 Å². The third kappa shape index (κ3) is 2.72. The van der Waals surface area contributed by atoms with E-state index in [1.54, 1.807) is 25.1 Å². The second-order valence-corrected chi connectivity index (χ2v) is 3.24. The summed E-state index contributed by atoms with van der Waals surface area (Å²) in [5.74, 6) is -2.66. The first kappa shape index (κ1) is 15.8. The Labute approximate surface area is 136 Å². The van der Waals surface area contributed by atoms with Crippen LogP contribution in [0.25, 0.3) is 0 Å². The molecular formula is C11H13KO4. The molecule has 0 spiro atoms. The summed E-state index contributed by atoms with van der Waals surface area (Å²) in [6.07, 6.45) is 0.0156. The van der Waals surface area contributed by atoms with Crippen LogP contribution in [0, 0.1) is 0 Å². The fourth-order valence-corrected chi connectivity index (χ4v) is 1.57. The molecule has 0 amide bonds. The van der Waals surface area contributed by atoms with Gasteiger partial charge in [-0.15, -0.1) is 0 Å². The third-order valence-electron chi connectivity index (χ3n) is 2.53. The van der Waals surface area contributed by atoms with Gasteiger partial charge in [-0.3, -0.25) is 9.59 Å². The van der Waals surface area contributed by atoms with Gasteiger partial charge in [-0.05, 0) is 12.0 Å². The molecule has 0 saturated heterocycles. The van der Waals surface area contributed by atoms with Gasteiger partial charge < -0.3 is 10.2 Å². The topological polar surface area (TPSA) is 74.6 Å². The minimum absolute atomic E-state index is 0. The SMILES string of the molecule is CCC(C(=O)O)(C(=O)O)c1ccccc1.[KH]. The number of carbonyl (C=O) groups is 2. The first-order valence-electron chi connectivity index (χ1n) is 4.58. The number of carboxylic acids is 2. The molecule has 0 bridgehead atoms.